The highest BCUT2D eigenvalue weighted by atomic mass is 32.2. The molecule has 0 bridgehead atoms. The first-order chi connectivity index (χ1) is 11.5. The Bertz CT molecular complexity index is 786. The van der Waals surface area contributed by atoms with Crippen LogP contribution in [0.1, 0.15) is 39.0 Å². The molecule has 0 spiro atoms. The largest absolute Gasteiger partial charge is 0.337 e. The van der Waals surface area contributed by atoms with Crippen LogP contribution in [0.5, 0.6) is 0 Å². The second kappa shape index (κ2) is 6.86. The number of hydrogen-bond acceptors (Lipinski definition) is 4. The number of imidazole rings is 1. The number of aryl methyl sites for hydroxylation is 1. The minimum atomic E-state index is -0.684. The summed E-state index contributed by atoms with van der Waals surface area (Å²) in [5, 5.41) is 13.0. The van der Waals surface area contributed by atoms with E-state index >= 15 is 0 Å². The van der Waals surface area contributed by atoms with Gasteiger partial charge < -0.3 is 9.88 Å². The summed E-state index contributed by atoms with van der Waals surface area (Å²) in [6.45, 7) is 1.87. The van der Waals surface area contributed by atoms with Gasteiger partial charge in [-0.3, -0.25) is 4.79 Å². The summed E-state index contributed by atoms with van der Waals surface area (Å²) in [7, 11) is 1.96. The highest BCUT2D eigenvalue weighted by molar-refractivity contribution is 8.00. The van der Waals surface area contributed by atoms with E-state index in [1.807, 2.05) is 42.8 Å². The summed E-state index contributed by atoms with van der Waals surface area (Å²) in [6, 6.07) is 10.3. The summed E-state index contributed by atoms with van der Waals surface area (Å²) in [6.07, 6.45) is 4.64. The van der Waals surface area contributed by atoms with Crippen molar-refractivity contribution in [2.24, 2.45) is 7.05 Å². The number of nitrogens with zero attached hydrogens (tertiary/aromatic N) is 3. The van der Waals surface area contributed by atoms with E-state index in [4.69, 9.17) is 0 Å². The maximum atomic E-state index is 12.6. The number of thioether (sulfide) groups is 1. The molecular formula is C18H22N4OS. The predicted molar refractivity (Wildman–Crippen MR) is 95.6 cm³/mol. The Balaban J connectivity index is 1.71. The van der Waals surface area contributed by atoms with Crippen molar-refractivity contribution in [1.29, 1.82) is 5.26 Å². The van der Waals surface area contributed by atoms with Crippen LogP contribution in [0.3, 0.4) is 0 Å². The Kier molecular flexibility index (Phi) is 4.81. The predicted octanol–water partition coefficient (Wildman–Crippen LogP) is 3.40. The molecule has 0 aliphatic heterocycles. The van der Waals surface area contributed by atoms with Crippen LogP contribution in [-0.2, 0) is 11.8 Å². The van der Waals surface area contributed by atoms with Crippen molar-refractivity contribution < 1.29 is 4.79 Å². The van der Waals surface area contributed by atoms with Gasteiger partial charge in [0.25, 0.3) is 0 Å². The van der Waals surface area contributed by atoms with Crippen molar-refractivity contribution in [2.75, 3.05) is 0 Å². The van der Waals surface area contributed by atoms with Gasteiger partial charge in [-0.1, -0.05) is 43.2 Å². The first kappa shape index (κ1) is 16.8. The highest BCUT2D eigenvalue weighted by Gasteiger charge is 2.35. The maximum Gasteiger partial charge on any atom is 0.234 e. The number of nitriles is 1. The van der Waals surface area contributed by atoms with Crippen molar-refractivity contribution in [1.82, 2.24) is 14.9 Å². The minimum absolute atomic E-state index is 0.0875. The summed E-state index contributed by atoms with van der Waals surface area (Å²) in [5.41, 5.74) is 1.29. The highest BCUT2D eigenvalue weighted by Crippen LogP contribution is 2.30. The van der Waals surface area contributed by atoms with Crippen LogP contribution in [-0.4, -0.2) is 26.2 Å². The standard InChI is InChI=1S/C18H22N4OS/c1-13(16(23)21-18(12-19)10-6-3-7-11-18)24-17-20-14-8-4-5-9-15(14)22(17)2/h4-5,8-9,13H,3,6-7,10-11H2,1-2H3,(H,21,23)/t13-/m1/s1. The second-order valence-corrected chi connectivity index (χ2v) is 7.75. The van der Waals surface area contributed by atoms with Crippen molar-refractivity contribution in [3.63, 3.8) is 0 Å². The number of rotatable bonds is 4. The first-order valence-corrected chi connectivity index (χ1v) is 9.24. The Labute approximate surface area is 146 Å². The van der Waals surface area contributed by atoms with Crippen LogP contribution < -0.4 is 5.32 Å². The molecule has 1 N–H and O–H groups in total. The maximum absolute atomic E-state index is 12.6. The van der Waals surface area contributed by atoms with E-state index in [0.29, 0.717) is 0 Å². The average molecular weight is 342 g/mol. The molecule has 0 unspecified atom stereocenters. The molecule has 1 amide bonds. The number of carbonyl (C=O) groups is 1. The van der Waals surface area contributed by atoms with E-state index in [2.05, 4.69) is 16.4 Å². The fourth-order valence-electron chi connectivity index (χ4n) is 3.20. The number of nitrogens with one attached hydrogen (secondary N) is 1. The van der Waals surface area contributed by atoms with Crippen molar-refractivity contribution >= 4 is 28.7 Å². The Hall–Kier alpha value is -2.00. The van der Waals surface area contributed by atoms with E-state index in [9.17, 15) is 10.1 Å². The van der Waals surface area contributed by atoms with Crippen LogP contribution in [0.25, 0.3) is 11.0 Å². The molecule has 24 heavy (non-hydrogen) atoms. The molecule has 2 aromatic rings. The smallest absolute Gasteiger partial charge is 0.234 e. The third-order valence-electron chi connectivity index (χ3n) is 4.68. The topological polar surface area (TPSA) is 70.7 Å². The zero-order valence-corrected chi connectivity index (χ0v) is 14.9. The van der Waals surface area contributed by atoms with Crippen LogP contribution >= 0.6 is 11.8 Å². The van der Waals surface area contributed by atoms with E-state index in [0.717, 1.165) is 48.3 Å². The zero-order valence-electron chi connectivity index (χ0n) is 14.1. The molecule has 0 radical (unpaired) electrons. The van der Waals surface area contributed by atoms with Gasteiger partial charge in [-0.25, -0.2) is 4.98 Å². The third kappa shape index (κ3) is 3.27. The van der Waals surface area contributed by atoms with E-state index in [-0.39, 0.29) is 11.2 Å². The lowest BCUT2D eigenvalue weighted by Gasteiger charge is -2.32. The molecule has 1 saturated carbocycles. The van der Waals surface area contributed by atoms with Crippen molar-refractivity contribution in [2.45, 2.75) is 55.0 Å². The van der Waals surface area contributed by atoms with Crippen LogP contribution in [0, 0.1) is 11.3 Å². The number of benzene rings is 1. The quantitative estimate of drug-likeness (QED) is 0.865. The van der Waals surface area contributed by atoms with Gasteiger partial charge in [0, 0.05) is 7.05 Å². The summed E-state index contributed by atoms with van der Waals surface area (Å²) in [4.78, 5) is 17.2. The summed E-state index contributed by atoms with van der Waals surface area (Å²) < 4.78 is 2.00. The van der Waals surface area contributed by atoms with Gasteiger partial charge >= 0.3 is 0 Å². The van der Waals surface area contributed by atoms with Crippen LogP contribution in [0.15, 0.2) is 29.4 Å². The molecule has 5 nitrogen and oxygen atoms in total. The fraction of sp³-hybridized carbons (Fsp3) is 0.500. The Morgan fingerprint density at radius 2 is 2.08 bits per heavy atom. The molecule has 1 aliphatic carbocycles. The van der Waals surface area contributed by atoms with Gasteiger partial charge in [0.2, 0.25) is 5.91 Å². The number of amides is 1. The average Bonchev–Trinajstić information content (AvgIpc) is 2.92. The first-order valence-electron chi connectivity index (χ1n) is 8.36. The molecule has 1 aliphatic rings. The lowest BCUT2D eigenvalue weighted by Crippen LogP contribution is -2.50. The molecule has 6 heteroatoms. The molecule has 1 aromatic heterocycles. The lowest BCUT2D eigenvalue weighted by atomic mass is 9.83. The number of para-hydroxylation sites is 2. The van der Waals surface area contributed by atoms with Gasteiger partial charge in [-0.15, -0.1) is 0 Å². The van der Waals surface area contributed by atoms with Crippen LogP contribution in [0.2, 0.25) is 0 Å². The molecule has 1 aromatic carbocycles. The number of carbonyl (C=O) groups excluding carboxylic acids is 1. The fourth-order valence-corrected chi connectivity index (χ4v) is 4.09. The molecule has 1 fully saturated rings. The summed E-state index contributed by atoms with van der Waals surface area (Å²) >= 11 is 1.43. The number of aromatic nitrogens is 2. The monoisotopic (exact) mass is 342 g/mol. The minimum Gasteiger partial charge on any atom is -0.337 e. The molecular weight excluding hydrogens is 320 g/mol. The Morgan fingerprint density at radius 3 is 2.75 bits per heavy atom. The van der Waals surface area contributed by atoms with Gasteiger partial charge in [0.15, 0.2) is 5.16 Å². The third-order valence-corrected chi connectivity index (χ3v) is 5.82. The normalized spacial score (nSPS) is 18.0. The van der Waals surface area contributed by atoms with E-state index in [1.165, 1.54) is 11.8 Å². The SMILES string of the molecule is C[C@@H](Sc1nc2ccccc2n1C)C(=O)NC1(C#N)CCCCC1. The molecule has 0 saturated heterocycles. The van der Waals surface area contributed by atoms with Gasteiger partial charge in [0.05, 0.1) is 22.4 Å². The van der Waals surface area contributed by atoms with Crippen LogP contribution in [0.4, 0.5) is 0 Å². The second-order valence-electron chi connectivity index (χ2n) is 6.45. The van der Waals surface area contributed by atoms with E-state index < -0.39 is 5.54 Å². The van der Waals surface area contributed by atoms with Crippen molar-refractivity contribution in [3.8, 4) is 6.07 Å². The molecule has 3 rings (SSSR count). The number of fused-ring (bicyclic) bond motifs is 1. The zero-order chi connectivity index (χ0) is 17.2. The molecule has 1 atom stereocenters. The van der Waals surface area contributed by atoms with Gasteiger partial charge in [-0.05, 0) is 31.9 Å². The summed E-state index contributed by atoms with van der Waals surface area (Å²) in [5.74, 6) is -0.0875. The van der Waals surface area contributed by atoms with Crippen molar-refractivity contribution in [3.05, 3.63) is 24.3 Å². The Morgan fingerprint density at radius 1 is 1.38 bits per heavy atom. The molecule has 126 valence electrons. The van der Waals surface area contributed by atoms with E-state index in [1.54, 1.807) is 0 Å². The lowest BCUT2D eigenvalue weighted by molar-refractivity contribution is -0.121. The van der Waals surface area contributed by atoms with Gasteiger partial charge in [-0.2, -0.15) is 5.26 Å². The number of hydrogen-bond donors (Lipinski definition) is 1. The van der Waals surface area contributed by atoms with Gasteiger partial charge in [0.1, 0.15) is 5.54 Å². The molecule has 1 heterocycles.